The second-order valence-corrected chi connectivity index (χ2v) is 6.78. The quantitative estimate of drug-likeness (QED) is 0.566. The number of hydrogen-bond donors (Lipinski definition) is 2. The third kappa shape index (κ3) is 3.06. The Morgan fingerprint density at radius 1 is 1.29 bits per heavy atom. The Hall–Kier alpha value is -2.58. The second-order valence-electron chi connectivity index (χ2n) is 5.61. The van der Waals surface area contributed by atoms with Gasteiger partial charge in [0.05, 0.1) is 13.1 Å². The molecule has 1 aromatic carbocycles. The number of aryl methyl sites for hydroxylation is 1. The number of aromatic amines is 1. The number of aliphatic imine (C=N–C) groups is 1. The molecule has 0 bridgehead atoms. The lowest BCUT2D eigenvalue weighted by Gasteiger charge is -2.27. The number of aromatic nitrogens is 4. The lowest BCUT2D eigenvalue weighted by Crippen LogP contribution is -2.35. The number of hydrogen-bond acceptors (Lipinski definition) is 6. The van der Waals surface area contributed by atoms with Crippen molar-refractivity contribution in [3.63, 3.8) is 0 Å². The molecule has 24 heavy (non-hydrogen) atoms. The molecule has 0 unspecified atom stereocenters. The lowest BCUT2D eigenvalue weighted by molar-refractivity contribution is 0.479. The number of nitrogens with one attached hydrogen (secondary N) is 1. The maximum atomic E-state index is 5.87. The summed E-state index contributed by atoms with van der Waals surface area (Å²) in [6.07, 6.45) is 3.74. The number of fused-ring (bicyclic) bond motifs is 1. The molecular weight excluding hydrogens is 322 g/mol. The number of nitrogen functional groups attached to an aromatic ring is 1. The lowest BCUT2D eigenvalue weighted by atomic mass is 10.3. The van der Waals surface area contributed by atoms with Crippen LogP contribution in [0.2, 0.25) is 0 Å². The predicted octanol–water partition coefficient (Wildman–Crippen LogP) is 2.60. The molecule has 0 aliphatic carbocycles. The number of rotatable bonds is 3. The van der Waals surface area contributed by atoms with E-state index in [1.54, 1.807) is 18.1 Å². The van der Waals surface area contributed by atoms with Gasteiger partial charge < -0.3 is 5.73 Å². The molecule has 0 saturated heterocycles. The summed E-state index contributed by atoms with van der Waals surface area (Å²) in [4.78, 5) is 10.2. The summed E-state index contributed by atoms with van der Waals surface area (Å²) in [6, 6.07) is 9.80. The topological polar surface area (TPSA) is 88.1 Å². The van der Waals surface area contributed by atoms with Gasteiger partial charge in [-0.3, -0.25) is 9.67 Å². The zero-order chi connectivity index (χ0) is 16.5. The zero-order valence-electron chi connectivity index (χ0n) is 13.2. The Morgan fingerprint density at radius 3 is 3.00 bits per heavy atom. The molecule has 7 nitrogen and oxygen atoms in total. The molecule has 2 aromatic heterocycles. The third-order valence-electron chi connectivity index (χ3n) is 3.66. The van der Waals surface area contributed by atoms with Gasteiger partial charge >= 0.3 is 0 Å². The van der Waals surface area contributed by atoms with Crippen LogP contribution in [0.25, 0.3) is 0 Å². The number of nitrogens with zero attached hydrogens (tertiary/aromatic N) is 5. The van der Waals surface area contributed by atoms with E-state index in [0.29, 0.717) is 12.4 Å². The van der Waals surface area contributed by atoms with E-state index in [0.717, 1.165) is 34.5 Å². The zero-order valence-corrected chi connectivity index (χ0v) is 14.0. The summed E-state index contributed by atoms with van der Waals surface area (Å²) < 4.78 is 4.25. The Bertz CT molecular complexity index is 895. The average molecular weight is 339 g/mol. The second kappa shape index (κ2) is 6.14. The molecule has 3 heterocycles. The van der Waals surface area contributed by atoms with Gasteiger partial charge in [0.2, 0.25) is 0 Å². The number of nitrogens with two attached hydrogens (primary N) is 1. The van der Waals surface area contributed by atoms with Gasteiger partial charge in [-0.25, -0.2) is 14.3 Å². The van der Waals surface area contributed by atoms with E-state index in [-0.39, 0.29) is 0 Å². The number of H-pyrrole nitrogens is 1. The third-order valence-corrected chi connectivity index (χ3v) is 4.64. The van der Waals surface area contributed by atoms with Gasteiger partial charge in [-0.2, -0.15) is 5.10 Å². The van der Waals surface area contributed by atoms with Crippen molar-refractivity contribution in [3.05, 3.63) is 54.2 Å². The first-order chi connectivity index (χ1) is 11.7. The van der Waals surface area contributed by atoms with E-state index in [1.165, 1.54) is 0 Å². The molecule has 4 rings (SSSR count). The van der Waals surface area contributed by atoms with E-state index in [9.17, 15) is 0 Å². The normalized spacial score (nSPS) is 16.5. The monoisotopic (exact) mass is 339 g/mol. The van der Waals surface area contributed by atoms with Crippen LogP contribution >= 0.6 is 11.9 Å². The Balaban J connectivity index is 1.62. The fourth-order valence-corrected chi connectivity index (χ4v) is 3.59. The minimum absolute atomic E-state index is 0.679. The van der Waals surface area contributed by atoms with Crippen LogP contribution < -0.4 is 5.73 Å². The smallest absolute Gasteiger partial charge is 0.175 e. The van der Waals surface area contributed by atoms with Crippen molar-refractivity contribution < 1.29 is 0 Å². The molecule has 122 valence electrons. The van der Waals surface area contributed by atoms with Gasteiger partial charge in [0, 0.05) is 34.7 Å². The minimum Gasteiger partial charge on any atom is -0.399 e. The van der Waals surface area contributed by atoms with Gasteiger partial charge in [-0.1, -0.05) is 6.07 Å². The van der Waals surface area contributed by atoms with Gasteiger partial charge in [-0.15, -0.1) is 0 Å². The van der Waals surface area contributed by atoms with Crippen LogP contribution in [0.15, 0.2) is 52.6 Å². The van der Waals surface area contributed by atoms with Crippen LogP contribution in [0.4, 0.5) is 11.5 Å². The minimum atomic E-state index is 0.679. The predicted molar refractivity (Wildman–Crippen MR) is 95.2 cm³/mol. The summed E-state index contributed by atoms with van der Waals surface area (Å²) in [5.74, 6) is 2.54. The molecule has 8 heteroatoms. The first-order valence-electron chi connectivity index (χ1n) is 7.58. The van der Waals surface area contributed by atoms with Crippen molar-refractivity contribution in [2.24, 2.45) is 4.99 Å². The molecule has 1 aliphatic heterocycles. The summed E-state index contributed by atoms with van der Waals surface area (Å²) >= 11 is 1.66. The van der Waals surface area contributed by atoms with Crippen LogP contribution in [0.3, 0.4) is 0 Å². The van der Waals surface area contributed by atoms with Crippen molar-refractivity contribution in [3.8, 4) is 0 Å². The van der Waals surface area contributed by atoms with E-state index in [2.05, 4.69) is 30.5 Å². The first-order valence-corrected chi connectivity index (χ1v) is 8.35. The van der Waals surface area contributed by atoms with Crippen molar-refractivity contribution in [2.45, 2.75) is 18.4 Å². The van der Waals surface area contributed by atoms with Gasteiger partial charge in [-0.05, 0) is 37.1 Å². The molecule has 3 N–H and O–H groups in total. The molecule has 0 radical (unpaired) electrons. The highest BCUT2D eigenvalue weighted by Crippen LogP contribution is 2.28. The van der Waals surface area contributed by atoms with Crippen LogP contribution in [0.1, 0.15) is 11.5 Å². The molecule has 0 saturated carbocycles. The fourth-order valence-electron chi connectivity index (χ4n) is 2.60. The standard InChI is InChI=1S/C16H17N7S/c1-11-7-14(21-20-11)19-16-10-22(9-15-18-5-6-23(15)16)24-13-4-2-3-12(17)8-13/h2-8H,9-10,17H2,1H3,(H,20,21). The van der Waals surface area contributed by atoms with Crippen molar-refractivity contribution in [1.82, 2.24) is 24.1 Å². The number of benzene rings is 1. The molecular formula is C16H17N7S. The SMILES string of the molecule is Cc1cc(N=C2CN(Sc3cccc(N)c3)Cc3nccn32)n[nH]1. The summed E-state index contributed by atoms with van der Waals surface area (Å²) in [6.45, 7) is 3.39. The molecule has 0 amide bonds. The maximum Gasteiger partial charge on any atom is 0.175 e. The van der Waals surface area contributed by atoms with Crippen molar-refractivity contribution in [2.75, 3.05) is 12.3 Å². The summed E-state index contributed by atoms with van der Waals surface area (Å²) in [7, 11) is 0. The Labute approximate surface area is 143 Å². The van der Waals surface area contributed by atoms with E-state index in [4.69, 9.17) is 5.73 Å². The molecule has 0 spiro atoms. The molecule has 0 atom stereocenters. The fraction of sp³-hybridized carbons (Fsp3) is 0.188. The molecule has 0 fully saturated rings. The molecule has 3 aromatic rings. The van der Waals surface area contributed by atoms with Gasteiger partial charge in [0.1, 0.15) is 11.7 Å². The van der Waals surface area contributed by atoms with E-state index < -0.39 is 0 Å². The highest BCUT2D eigenvalue weighted by Gasteiger charge is 2.23. The van der Waals surface area contributed by atoms with Crippen LogP contribution in [-0.4, -0.2) is 36.4 Å². The number of anilines is 1. The van der Waals surface area contributed by atoms with Gasteiger partial charge in [0.25, 0.3) is 0 Å². The van der Waals surface area contributed by atoms with Crippen LogP contribution in [-0.2, 0) is 6.54 Å². The highest BCUT2D eigenvalue weighted by atomic mass is 32.2. The first kappa shape index (κ1) is 15.0. The highest BCUT2D eigenvalue weighted by molar-refractivity contribution is 7.97. The van der Waals surface area contributed by atoms with Crippen molar-refractivity contribution in [1.29, 1.82) is 0 Å². The van der Waals surface area contributed by atoms with E-state index in [1.807, 2.05) is 42.0 Å². The van der Waals surface area contributed by atoms with Crippen LogP contribution in [0, 0.1) is 6.92 Å². The largest absolute Gasteiger partial charge is 0.399 e. The van der Waals surface area contributed by atoms with Crippen LogP contribution in [0.5, 0.6) is 0 Å². The maximum absolute atomic E-state index is 5.87. The Kier molecular flexibility index (Phi) is 3.83. The Morgan fingerprint density at radius 2 is 2.21 bits per heavy atom. The summed E-state index contributed by atoms with van der Waals surface area (Å²) in [5, 5.41) is 7.12. The molecule has 1 aliphatic rings. The van der Waals surface area contributed by atoms with E-state index >= 15 is 0 Å². The average Bonchev–Trinajstić information content (AvgIpc) is 3.16. The van der Waals surface area contributed by atoms with Crippen molar-refractivity contribution >= 4 is 29.3 Å². The van der Waals surface area contributed by atoms with Gasteiger partial charge in [0.15, 0.2) is 5.82 Å². The summed E-state index contributed by atoms with van der Waals surface area (Å²) in [5.41, 5.74) is 7.62. The number of imidazole rings is 1.